The Morgan fingerprint density at radius 3 is 2.44 bits per heavy atom. The summed E-state index contributed by atoms with van der Waals surface area (Å²) in [5.41, 5.74) is 0.274. The van der Waals surface area contributed by atoms with Crippen LogP contribution < -0.4 is 16.6 Å². The van der Waals surface area contributed by atoms with E-state index in [0.717, 1.165) is 10.3 Å². The molecule has 0 aliphatic heterocycles. The van der Waals surface area contributed by atoms with Crippen molar-refractivity contribution in [3.63, 3.8) is 0 Å². The maximum absolute atomic E-state index is 11.8. The number of nitrogens with one attached hydrogen (secondary N) is 1. The monoisotopic (exact) mass is 251 g/mol. The molecule has 1 aliphatic rings. The first-order valence-corrected chi connectivity index (χ1v) is 6.34. The highest BCUT2D eigenvalue weighted by Gasteiger charge is 2.37. The summed E-state index contributed by atoms with van der Waals surface area (Å²) in [7, 11) is 3.19. The van der Waals surface area contributed by atoms with E-state index in [1.165, 1.54) is 30.5 Å². The smallest absolute Gasteiger partial charge is 0.306 e. The molecule has 1 saturated carbocycles. The van der Waals surface area contributed by atoms with Gasteiger partial charge in [0.15, 0.2) is 0 Å². The molecule has 2 rings (SSSR count). The highest BCUT2D eigenvalue weighted by atomic mass is 16.2. The Morgan fingerprint density at radius 1 is 1.28 bits per heavy atom. The van der Waals surface area contributed by atoms with Gasteiger partial charge in [-0.25, -0.2) is 4.79 Å². The molecule has 0 saturated heterocycles. The molecule has 0 unspecified atom stereocenters. The van der Waals surface area contributed by atoms with Crippen LogP contribution in [0.25, 0.3) is 0 Å². The second-order valence-electron chi connectivity index (χ2n) is 5.72. The van der Waals surface area contributed by atoms with Gasteiger partial charge in [-0.05, 0) is 32.6 Å². The van der Waals surface area contributed by atoms with Crippen LogP contribution in [0.5, 0.6) is 0 Å². The van der Waals surface area contributed by atoms with Crippen LogP contribution in [-0.4, -0.2) is 14.7 Å². The first kappa shape index (κ1) is 13.1. The number of hydrogen-bond acceptors (Lipinski definition) is 3. The Balaban J connectivity index is 2.20. The zero-order valence-corrected chi connectivity index (χ0v) is 11.5. The molecule has 0 bridgehead atoms. The lowest BCUT2D eigenvalue weighted by atomic mass is 9.99. The van der Waals surface area contributed by atoms with E-state index >= 15 is 0 Å². The van der Waals surface area contributed by atoms with Crippen LogP contribution in [0.4, 0.5) is 0 Å². The van der Waals surface area contributed by atoms with Gasteiger partial charge in [-0.1, -0.05) is 0 Å². The average molecular weight is 251 g/mol. The molecule has 18 heavy (non-hydrogen) atoms. The van der Waals surface area contributed by atoms with Gasteiger partial charge in [0, 0.05) is 37.9 Å². The van der Waals surface area contributed by atoms with Gasteiger partial charge >= 0.3 is 5.69 Å². The Hall–Kier alpha value is -1.36. The van der Waals surface area contributed by atoms with Crippen molar-refractivity contribution in [2.24, 2.45) is 20.0 Å². The lowest BCUT2D eigenvalue weighted by Crippen LogP contribution is -2.44. The Morgan fingerprint density at radius 2 is 1.89 bits per heavy atom. The summed E-state index contributed by atoms with van der Waals surface area (Å²) in [5.74, 6) is 0.709. The van der Waals surface area contributed by atoms with Crippen molar-refractivity contribution in [3.05, 3.63) is 32.6 Å². The van der Waals surface area contributed by atoms with Crippen molar-refractivity contribution in [2.45, 2.75) is 38.8 Å². The lowest BCUT2D eigenvalue weighted by Gasteiger charge is -2.26. The van der Waals surface area contributed by atoms with E-state index in [1.807, 2.05) is 0 Å². The number of nitrogens with zero attached hydrogens (tertiary/aromatic N) is 2. The first-order valence-electron chi connectivity index (χ1n) is 6.34. The largest absolute Gasteiger partial charge is 0.330 e. The van der Waals surface area contributed by atoms with Crippen molar-refractivity contribution in [1.29, 1.82) is 0 Å². The summed E-state index contributed by atoms with van der Waals surface area (Å²) in [6.45, 7) is 4.89. The van der Waals surface area contributed by atoms with Crippen molar-refractivity contribution in [2.75, 3.05) is 0 Å². The van der Waals surface area contributed by atoms with Gasteiger partial charge in [-0.15, -0.1) is 0 Å². The maximum atomic E-state index is 11.8. The molecule has 0 radical (unpaired) electrons. The molecule has 0 spiro atoms. The number of aromatic nitrogens is 2. The molecule has 1 aromatic heterocycles. The third-order valence-corrected chi connectivity index (χ3v) is 3.95. The molecule has 1 fully saturated rings. The van der Waals surface area contributed by atoms with Crippen LogP contribution in [0.3, 0.4) is 0 Å². The summed E-state index contributed by atoms with van der Waals surface area (Å²) in [6, 6.07) is 1.53. The fourth-order valence-corrected chi connectivity index (χ4v) is 2.22. The normalized spacial score (nSPS) is 16.0. The van der Waals surface area contributed by atoms with Crippen LogP contribution in [0.1, 0.15) is 32.4 Å². The minimum atomic E-state index is -0.275. The zero-order chi connectivity index (χ0) is 13.5. The van der Waals surface area contributed by atoms with E-state index in [9.17, 15) is 9.59 Å². The zero-order valence-electron chi connectivity index (χ0n) is 11.5. The van der Waals surface area contributed by atoms with Gasteiger partial charge in [-0.3, -0.25) is 13.9 Å². The van der Waals surface area contributed by atoms with E-state index in [-0.39, 0.29) is 16.8 Å². The van der Waals surface area contributed by atoms with E-state index in [1.54, 1.807) is 7.05 Å². The topological polar surface area (TPSA) is 56.0 Å². The van der Waals surface area contributed by atoms with Crippen LogP contribution in [0.15, 0.2) is 15.7 Å². The second kappa shape index (κ2) is 4.39. The Kier molecular flexibility index (Phi) is 3.19. The van der Waals surface area contributed by atoms with Gasteiger partial charge in [0.1, 0.15) is 0 Å². The quantitative estimate of drug-likeness (QED) is 0.840. The van der Waals surface area contributed by atoms with Gasteiger partial charge in [0.25, 0.3) is 5.56 Å². The highest BCUT2D eigenvalue weighted by Crippen LogP contribution is 2.39. The number of rotatable bonds is 4. The molecule has 1 aliphatic carbocycles. The minimum absolute atomic E-state index is 0.0666. The van der Waals surface area contributed by atoms with Crippen LogP contribution in [-0.2, 0) is 20.6 Å². The lowest BCUT2D eigenvalue weighted by molar-refractivity contribution is 0.334. The molecule has 1 N–H and O–H groups in total. The molecular weight excluding hydrogens is 230 g/mol. The third-order valence-electron chi connectivity index (χ3n) is 3.95. The minimum Gasteiger partial charge on any atom is -0.306 e. The summed E-state index contributed by atoms with van der Waals surface area (Å²) < 4.78 is 2.65. The molecule has 0 atom stereocenters. The molecule has 1 aromatic rings. The van der Waals surface area contributed by atoms with Crippen LogP contribution in [0, 0.1) is 5.92 Å². The van der Waals surface area contributed by atoms with Gasteiger partial charge in [-0.2, -0.15) is 0 Å². The predicted octanol–water partition coefficient (Wildman–Crippen LogP) is 0.362. The van der Waals surface area contributed by atoms with Crippen molar-refractivity contribution >= 4 is 0 Å². The summed E-state index contributed by atoms with van der Waals surface area (Å²) in [5, 5.41) is 3.44. The van der Waals surface area contributed by atoms with Crippen molar-refractivity contribution in [3.8, 4) is 0 Å². The van der Waals surface area contributed by atoms with E-state index in [0.29, 0.717) is 12.5 Å². The second-order valence-corrected chi connectivity index (χ2v) is 5.72. The summed E-state index contributed by atoms with van der Waals surface area (Å²) in [4.78, 5) is 23.4. The SMILES string of the molecule is Cn1c(CNC(C)(C)C2CC2)cc(=O)n(C)c1=O. The maximum Gasteiger partial charge on any atom is 0.330 e. The molecule has 0 amide bonds. The number of hydrogen-bond donors (Lipinski definition) is 1. The van der Waals surface area contributed by atoms with E-state index in [4.69, 9.17) is 0 Å². The Bertz CT molecular complexity index is 565. The van der Waals surface area contributed by atoms with E-state index in [2.05, 4.69) is 19.2 Å². The molecule has 5 nitrogen and oxygen atoms in total. The van der Waals surface area contributed by atoms with Crippen molar-refractivity contribution < 1.29 is 0 Å². The fraction of sp³-hybridized carbons (Fsp3) is 0.692. The van der Waals surface area contributed by atoms with E-state index < -0.39 is 0 Å². The molecule has 1 heterocycles. The van der Waals surface area contributed by atoms with Gasteiger partial charge in [0.05, 0.1) is 0 Å². The van der Waals surface area contributed by atoms with Crippen LogP contribution >= 0.6 is 0 Å². The Labute approximate surface area is 106 Å². The van der Waals surface area contributed by atoms with Crippen LogP contribution in [0.2, 0.25) is 0 Å². The fourth-order valence-electron chi connectivity index (χ4n) is 2.22. The van der Waals surface area contributed by atoms with Crippen molar-refractivity contribution in [1.82, 2.24) is 14.5 Å². The summed E-state index contributed by atoms with van der Waals surface area (Å²) in [6.07, 6.45) is 2.52. The van der Waals surface area contributed by atoms with Gasteiger partial charge in [0.2, 0.25) is 0 Å². The molecule has 0 aromatic carbocycles. The van der Waals surface area contributed by atoms with Gasteiger partial charge < -0.3 is 5.32 Å². The summed E-state index contributed by atoms with van der Waals surface area (Å²) >= 11 is 0. The molecular formula is C13H21N3O2. The standard InChI is InChI=1S/C13H21N3O2/c1-13(2,9-5-6-9)14-8-10-7-11(17)16(4)12(18)15(10)3/h7,9,14H,5-6,8H2,1-4H3. The third kappa shape index (κ3) is 2.41. The average Bonchev–Trinajstić information content (AvgIpc) is 3.13. The highest BCUT2D eigenvalue weighted by molar-refractivity contribution is 5.04. The first-order chi connectivity index (χ1) is 8.33. The molecule has 5 heteroatoms. The predicted molar refractivity (Wildman–Crippen MR) is 70.6 cm³/mol. The molecule has 100 valence electrons.